The highest BCUT2D eigenvalue weighted by Crippen LogP contribution is 2.11. The third-order valence-corrected chi connectivity index (χ3v) is 9.50. The summed E-state index contributed by atoms with van der Waals surface area (Å²) in [6, 6.07) is 0. The van der Waals surface area contributed by atoms with Gasteiger partial charge in [-0.2, -0.15) is 0 Å². The van der Waals surface area contributed by atoms with E-state index in [9.17, 15) is 14.4 Å². The van der Waals surface area contributed by atoms with Crippen LogP contribution >= 0.6 is 0 Å². The molecular weight excluding hydrogens is 769 g/mol. The Bertz CT molecular complexity index is 1400. The lowest BCUT2D eigenvalue weighted by Gasteiger charge is -2.18. The highest BCUT2D eigenvalue weighted by molar-refractivity contribution is 5.71. The van der Waals surface area contributed by atoms with Gasteiger partial charge in [0.25, 0.3) is 0 Å². The van der Waals surface area contributed by atoms with Crippen molar-refractivity contribution in [1.82, 2.24) is 0 Å². The molecule has 1 unspecified atom stereocenters. The molecule has 1 atom stereocenters. The molecule has 0 fully saturated rings. The molecule has 0 radical (unpaired) electrons. The van der Waals surface area contributed by atoms with Crippen LogP contribution in [0.2, 0.25) is 0 Å². The molecule has 62 heavy (non-hydrogen) atoms. The Morgan fingerprint density at radius 2 is 0.726 bits per heavy atom. The average Bonchev–Trinajstić information content (AvgIpc) is 3.27. The summed E-state index contributed by atoms with van der Waals surface area (Å²) in [5.41, 5.74) is 0. The SMILES string of the molecule is CC/C=C/C=C/C=C/C=C/C=C/CCCC(=O)OCC(COC(=O)CCC/C=C/C/C=C/C/C=C/C/C=C/C/C=C/CC)OC(=O)CCCCC/C=C/CCCCCCCCC. The lowest BCUT2D eigenvalue weighted by Crippen LogP contribution is -2.30. The molecule has 6 heteroatoms. The van der Waals surface area contributed by atoms with Crippen molar-refractivity contribution < 1.29 is 28.6 Å². The van der Waals surface area contributed by atoms with Crippen LogP contribution in [0.3, 0.4) is 0 Å². The number of unbranched alkanes of at least 4 members (excludes halogenated alkanes) is 12. The van der Waals surface area contributed by atoms with Crippen LogP contribution in [0, 0.1) is 0 Å². The molecule has 0 aromatic rings. The van der Waals surface area contributed by atoms with Crippen LogP contribution in [0.1, 0.15) is 181 Å². The van der Waals surface area contributed by atoms with E-state index >= 15 is 0 Å². The van der Waals surface area contributed by atoms with Gasteiger partial charge in [-0.15, -0.1) is 0 Å². The van der Waals surface area contributed by atoms with Gasteiger partial charge in [-0.3, -0.25) is 14.4 Å². The Hall–Kier alpha value is -4.45. The molecule has 0 N–H and O–H groups in total. The van der Waals surface area contributed by atoms with E-state index in [1.165, 1.54) is 44.9 Å². The summed E-state index contributed by atoms with van der Waals surface area (Å²) < 4.78 is 16.6. The fourth-order valence-corrected chi connectivity index (χ4v) is 5.91. The quantitative estimate of drug-likeness (QED) is 0.0200. The second-order valence-corrected chi connectivity index (χ2v) is 15.4. The highest BCUT2D eigenvalue weighted by Gasteiger charge is 2.19. The van der Waals surface area contributed by atoms with E-state index in [4.69, 9.17) is 14.2 Å². The molecular formula is C56H86O6. The van der Waals surface area contributed by atoms with Crippen LogP contribution < -0.4 is 0 Å². The fraction of sp³-hybridized carbons (Fsp3) is 0.554. The Kier molecular flexibility index (Phi) is 45.7. The van der Waals surface area contributed by atoms with Gasteiger partial charge < -0.3 is 14.2 Å². The minimum absolute atomic E-state index is 0.141. The van der Waals surface area contributed by atoms with Gasteiger partial charge in [0.1, 0.15) is 13.2 Å². The first-order valence-electron chi connectivity index (χ1n) is 24.3. The lowest BCUT2D eigenvalue weighted by atomic mass is 10.1. The maximum absolute atomic E-state index is 12.8. The van der Waals surface area contributed by atoms with Crippen molar-refractivity contribution in [2.75, 3.05) is 13.2 Å². The predicted octanol–water partition coefficient (Wildman–Crippen LogP) is 15.9. The van der Waals surface area contributed by atoms with Crippen LogP contribution in [0.5, 0.6) is 0 Å². The topological polar surface area (TPSA) is 78.9 Å². The van der Waals surface area contributed by atoms with Crippen molar-refractivity contribution in [3.8, 4) is 0 Å². The molecule has 0 aliphatic heterocycles. The standard InChI is InChI=1S/C56H86O6/c1-4-7-10-13-16-19-22-25-27-28-29-32-34-37-40-43-46-49-55(58)61-52-53(51-60-54(57)48-45-42-39-36-33-30-24-21-18-15-12-9-6-3)62-56(59)50-47-44-41-38-35-31-26-23-20-17-14-11-8-5-2/h7,9-10,12,15-16,18-19,21,24-25,27,29-33,35-37,39-40,53H,4-6,8,11,13-14,17,20,22-23,26,28,34,38,41-52H2,1-3H3/b10-7+,12-9+,18-15+,19-16+,24-21+,27-25+,32-29+,33-30+,35-31+,39-36+,40-37+. The smallest absolute Gasteiger partial charge is 0.306 e. The molecule has 6 nitrogen and oxygen atoms in total. The maximum atomic E-state index is 12.8. The number of hydrogen-bond donors (Lipinski definition) is 0. The van der Waals surface area contributed by atoms with E-state index in [0.717, 1.165) is 83.5 Å². The largest absolute Gasteiger partial charge is 0.462 e. The second kappa shape index (κ2) is 49.2. The first-order valence-corrected chi connectivity index (χ1v) is 24.3. The molecule has 0 aromatic carbocycles. The molecule has 0 saturated heterocycles. The third-order valence-electron chi connectivity index (χ3n) is 9.50. The summed E-state index contributed by atoms with van der Waals surface area (Å²) in [5.74, 6) is -1.10. The van der Waals surface area contributed by atoms with Crippen molar-refractivity contribution in [2.45, 2.75) is 187 Å². The third kappa shape index (κ3) is 46.6. The van der Waals surface area contributed by atoms with Gasteiger partial charge in [0, 0.05) is 19.3 Å². The van der Waals surface area contributed by atoms with Crippen molar-refractivity contribution in [3.63, 3.8) is 0 Å². The van der Waals surface area contributed by atoms with Crippen LogP contribution in [-0.2, 0) is 28.6 Å². The zero-order valence-electron chi connectivity index (χ0n) is 39.3. The summed E-state index contributed by atoms with van der Waals surface area (Å²) >= 11 is 0. The molecule has 0 aliphatic carbocycles. The van der Waals surface area contributed by atoms with E-state index in [1.807, 2.05) is 54.7 Å². The van der Waals surface area contributed by atoms with Gasteiger partial charge in [-0.05, 0) is 96.3 Å². The number of ether oxygens (including phenoxy) is 3. The Labute approximate surface area is 379 Å². The molecule has 0 amide bonds. The first kappa shape index (κ1) is 57.5. The summed E-state index contributed by atoms with van der Waals surface area (Å²) in [5, 5.41) is 0. The van der Waals surface area contributed by atoms with Gasteiger partial charge in [0.15, 0.2) is 6.10 Å². The normalized spacial score (nSPS) is 13.3. The number of hydrogen-bond acceptors (Lipinski definition) is 6. The number of esters is 3. The summed E-state index contributed by atoms with van der Waals surface area (Å²) in [4.78, 5) is 37.8. The number of carbonyl (C=O) groups excluding carboxylic acids is 3. The zero-order valence-corrected chi connectivity index (χ0v) is 39.3. The fourth-order valence-electron chi connectivity index (χ4n) is 5.91. The van der Waals surface area contributed by atoms with E-state index in [0.29, 0.717) is 12.8 Å². The first-order chi connectivity index (χ1) is 30.5. The molecule has 0 saturated carbocycles. The predicted molar refractivity (Wildman–Crippen MR) is 265 cm³/mol. The molecule has 0 aliphatic rings. The number of allylic oxidation sites excluding steroid dienone is 22. The van der Waals surface area contributed by atoms with Crippen LogP contribution in [0.4, 0.5) is 0 Å². The van der Waals surface area contributed by atoms with E-state index in [-0.39, 0.29) is 50.4 Å². The molecule has 0 spiro atoms. The molecule has 0 rings (SSSR count). The Morgan fingerprint density at radius 3 is 1.24 bits per heavy atom. The Balaban J connectivity index is 4.63. The lowest BCUT2D eigenvalue weighted by molar-refractivity contribution is -0.167. The Morgan fingerprint density at radius 1 is 0.355 bits per heavy atom. The van der Waals surface area contributed by atoms with Gasteiger partial charge in [-0.1, -0.05) is 199 Å². The minimum Gasteiger partial charge on any atom is -0.462 e. The van der Waals surface area contributed by atoms with Crippen molar-refractivity contribution in [3.05, 3.63) is 134 Å². The van der Waals surface area contributed by atoms with E-state index < -0.39 is 6.10 Å². The van der Waals surface area contributed by atoms with Crippen molar-refractivity contribution >= 4 is 17.9 Å². The van der Waals surface area contributed by atoms with Crippen molar-refractivity contribution in [1.29, 1.82) is 0 Å². The van der Waals surface area contributed by atoms with Crippen molar-refractivity contribution in [2.24, 2.45) is 0 Å². The monoisotopic (exact) mass is 855 g/mol. The summed E-state index contributed by atoms with van der Waals surface area (Å²) in [6.45, 7) is 6.21. The molecule has 0 heterocycles. The number of carbonyl (C=O) groups is 3. The van der Waals surface area contributed by atoms with Crippen LogP contribution in [-0.4, -0.2) is 37.2 Å². The van der Waals surface area contributed by atoms with Crippen LogP contribution in [0.25, 0.3) is 0 Å². The summed E-state index contributed by atoms with van der Waals surface area (Å²) in [6.07, 6.45) is 68.8. The van der Waals surface area contributed by atoms with Gasteiger partial charge in [-0.25, -0.2) is 0 Å². The molecule has 0 aromatic heterocycles. The maximum Gasteiger partial charge on any atom is 0.306 e. The second-order valence-electron chi connectivity index (χ2n) is 15.4. The van der Waals surface area contributed by atoms with Gasteiger partial charge >= 0.3 is 17.9 Å². The highest BCUT2D eigenvalue weighted by atomic mass is 16.6. The van der Waals surface area contributed by atoms with Gasteiger partial charge in [0.05, 0.1) is 0 Å². The van der Waals surface area contributed by atoms with E-state index in [2.05, 4.69) is 99.8 Å². The van der Waals surface area contributed by atoms with Crippen LogP contribution in [0.15, 0.2) is 134 Å². The van der Waals surface area contributed by atoms with E-state index in [1.54, 1.807) is 0 Å². The van der Waals surface area contributed by atoms with Gasteiger partial charge in [0.2, 0.25) is 0 Å². The summed E-state index contributed by atoms with van der Waals surface area (Å²) in [7, 11) is 0. The molecule has 346 valence electrons. The minimum atomic E-state index is -0.841. The zero-order chi connectivity index (χ0) is 45.1. The number of rotatable bonds is 41. The molecule has 0 bridgehead atoms. The average molecular weight is 855 g/mol.